The van der Waals surface area contributed by atoms with Crippen molar-refractivity contribution in [3.63, 3.8) is 0 Å². The lowest BCUT2D eigenvalue weighted by Gasteiger charge is -2.20. The molecular weight excluding hydrogens is 320 g/mol. The predicted octanol–water partition coefficient (Wildman–Crippen LogP) is 1.84. The number of benzene rings is 1. The van der Waals surface area contributed by atoms with E-state index in [9.17, 15) is 4.79 Å². The molecule has 2 N–H and O–H groups in total. The number of hydrogen-bond acceptors (Lipinski definition) is 3. The van der Waals surface area contributed by atoms with Gasteiger partial charge in [-0.3, -0.25) is 4.79 Å². The number of carbonyl (C=O) groups excluding carboxylic acids is 1. The summed E-state index contributed by atoms with van der Waals surface area (Å²) in [6.07, 6.45) is 3.18. The van der Waals surface area contributed by atoms with Crippen LogP contribution in [0.3, 0.4) is 0 Å². The first-order valence-electron chi connectivity index (χ1n) is 8.54. The summed E-state index contributed by atoms with van der Waals surface area (Å²) in [5.41, 5.74) is 1.13. The van der Waals surface area contributed by atoms with Crippen LogP contribution in [-0.4, -0.2) is 32.7 Å². The van der Waals surface area contributed by atoms with E-state index in [1.165, 1.54) is 22.6 Å². The molecule has 4 nitrogen and oxygen atoms in total. The summed E-state index contributed by atoms with van der Waals surface area (Å²) in [5.74, 6) is 1.03. The topological polar surface area (TPSA) is 42.8 Å². The Balaban J connectivity index is 1.47. The van der Waals surface area contributed by atoms with Gasteiger partial charge in [-0.25, -0.2) is 0 Å². The van der Waals surface area contributed by atoms with Crippen molar-refractivity contribution in [3.05, 3.63) is 52.2 Å². The number of amides is 1. The highest BCUT2D eigenvalue weighted by Gasteiger charge is 2.32. The Morgan fingerprint density at radius 3 is 3.00 bits per heavy atom. The van der Waals surface area contributed by atoms with Gasteiger partial charge in [0.25, 0.3) is 5.91 Å². The Kier molecular flexibility index (Phi) is 5.88. The van der Waals surface area contributed by atoms with Crippen LogP contribution in [0.1, 0.15) is 29.3 Å². The predicted molar refractivity (Wildman–Crippen MR) is 96.7 cm³/mol. The van der Waals surface area contributed by atoms with E-state index in [1.807, 2.05) is 24.3 Å². The zero-order valence-corrected chi connectivity index (χ0v) is 14.9. The molecule has 2 aromatic rings. The van der Waals surface area contributed by atoms with Crippen molar-refractivity contribution < 1.29 is 14.4 Å². The number of thiophene rings is 1. The standard InChI is InChI=1S/C19H24N2O2S/c1-23-17-8-3-2-6-15(17)10-11-20-19(22)14-21-12-4-7-16(21)18-9-5-13-24-18/h2-3,5-6,8-9,13,16H,4,7,10-12,14H2,1H3,(H,20,22)/p+1/t16-/m0/s1. The molecular formula is C19H25N2O2S+. The quantitative estimate of drug-likeness (QED) is 0.804. The number of methoxy groups -OCH3 is 1. The minimum atomic E-state index is 0.142. The average molecular weight is 345 g/mol. The number of hydrogen-bond donors (Lipinski definition) is 2. The van der Waals surface area contributed by atoms with Crippen molar-refractivity contribution in [2.45, 2.75) is 25.3 Å². The molecule has 2 atom stereocenters. The summed E-state index contributed by atoms with van der Waals surface area (Å²) < 4.78 is 5.35. The van der Waals surface area contributed by atoms with Gasteiger partial charge in [0.2, 0.25) is 0 Å². The van der Waals surface area contributed by atoms with E-state index in [1.54, 1.807) is 18.4 Å². The van der Waals surface area contributed by atoms with Crippen LogP contribution in [-0.2, 0) is 11.2 Å². The highest BCUT2D eigenvalue weighted by Crippen LogP contribution is 2.23. The zero-order valence-electron chi connectivity index (χ0n) is 14.1. The van der Waals surface area contributed by atoms with Crippen LogP contribution in [0, 0.1) is 0 Å². The second-order valence-electron chi connectivity index (χ2n) is 6.21. The van der Waals surface area contributed by atoms with Gasteiger partial charge in [0.15, 0.2) is 6.54 Å². The summed E-state index contributed by atoms with van der Waals surface area (Å²) in [6, 6.07) is 12.7. The van der Waals surface area contributed by atoms with Gasteiger partial charge in [0.05, 0.1) is 18.5 Å². The zero-order chi connectivity index (χ0) is 16.8. The van der Waals surface area contributed by atoms with Crippen molar-refractivity contribution in [1.29, 1.82) is 0 Å². The highest BCUT2D eigenvalue weighted by molar-refractivity contribution is 7.10. The van der Waals surface area contributed by atoms with Crippen LogP contribution in [0.5, 0.6) is 5.75 Å². The van der Waals surface area contributed by atoms with Crippen molar-refractivity contribution in [2.75, 3.05) is 26.7 Å². The highest BCUT2D eigenvalue weighted by atomic mass is 32.1. The molecule has 1 aliphatic rings. The molecule has 128 valence electrons. The van der Waals surface area contributed by atoms with Crippen molar-refractivity contribution in [1.82, 2.24) is 5.32 Å². The SMILES string of the molecule is COc1ccccc1CCNC(=O)C[NH+]1CCC[C@H]1c1cccs1. The molecule has 0 saturated carbocycles. The summed E-state index contributed by atoms with van der Waals surface area (Å²) in [5, 5.41) is 5.19. The monoisotopic (exact) mass is 345 g/mol. The lowest BCUT2D eigenvalue weighted by atomic mass is 10.1. The molecule has 1 aromatic heterocycles. The fourth-order valence-electron chi connectivity index (χ4n) is 3.47. The third-order valence-electron chi connectivity index (χ3n) is 4.67. The number of para-hydroxylation sites is 1. The Morgan fingerprint density at radius 2 is 2.21 bits per heavy atom. The van der Waals surface area contributed by atoms with Crippen LogP contribution >= 0.6 is 11.3 Å². The van der Waals surface area contributed by atoms with E-state index in [4.69, 9.17) is 4.74 Å². The van der Waals surface area contributed by atoms with Gasteiger partial charge in [-0.1, -0.05) is 24.3 Å². The van der Waals surface area contributed by atoms with Gasteiger partial charge in [0.1, 0.15) is 11.8 Å². The van der Waals surface area contributed by atoms with E-state index in [0.29, 0.717) is 19.1 Å². The normalized spacial score (nSPS) is 20.0. The molecule has 1 fully saturated rings. The summed E-state index contributed by atoms with van der Waals surface area (Å²) >= 11 is 1.80. The minimum absolute atomic E-state index is 0.142. The first-order valence-corrected chi connectivity index (χ1v) is 9.42. The van der Waals surface area contributed by atoms with Crippen LogP contribution in [0.15, 0.2) is 41.8 Å². The molecule has 1 aromatic carbocycles. The van der Waals surface area contributed by atoms with Crippen molar-refractivity contribution in [2.24, 2.45) is 0 Å². The molecule has 3 rings (SSSR count). The largest absolute Gasteiger partial charge is 0.496 e. The summed E-state index contributed by atoms with van der Waals surface area (Å²) in [7, 11) is 1.68. The number of likely N-dealkylation sites (tertiary alicyclic amines) is 1. The average Bonchev–Trinajstić information content (AvgIpc) is 3.26. The van der Waals surface area contributed by atoms with Crippen LogP contribution < -0.4 is 15.0 Å². The Bertz CT molecular complexity index is 657. The van der Waals surface area contributed by atoms with E-state index in [2.05, 4.69) is 22.8 Å². The summed E-state index contributed by atoms with van der Waals surface area (Å²) in [4.78, 5) is 15.1. The van der Waals surface area contributed by atoms with Gasteiger partial charge in [-0.2, -0.15) is 0 Å². The fraction of sp³-hybridized carbons (Fsp3) is 0.421. The molecule has 1 amide bonds. The molecule has 0 aliphatic carbocycles. The Morgan fingerprint density at radius 1 is 1.33 bits per heavy atom. The maximum Gasteiger partial charge on any atom is 0.275 e. The molecule has 0 bridgehead atoms. The van der Waals surface area contributed by atoms with Crippen LogP contribution in [0.4, 0.5) is 0 Å². The van der Waals surface area contributed by atoms with Gasteiger partial charge >= 0.3 is 0 Å². The molecule has 5 heteroatoms. The molecule has 0 spiro atoms. The number of carbonyl (C=O) groups is 1. The Labute approximate surface area is 147 Å². The second kappa shape index (κ2) is 8.31. The van der Waals surface area contributed by atoms with Gasteiger partial charge in [0, 0.05) is 19.4 Å². The van der Waals surface area contributed by atoms with Crippen molar-refractivity contribution in [3.8, 4) is 5.75 Å². The minimum Gasteiger partial charge on any atom is -0.496 e. The lowest BCUT2D eigenvalue weighted by Crippen LogP contribution is -3.11. The number of quaternary nitrogens is 1. The van der Waals surface area contributed by atoms with Crippen molar-refractivity contribution >= 4 is 17.2 Å². The maximum atomic E-state index is 12.3. The number of rotatable bonds is 7. The van der Waals surface area contributed by atoms with Gasteiger partial charge in [-0.05, 0) is 29.5 Å². The van der Waals surface area contributed by atoms with Gasteiger partial charge in [-0.15, -0.1) is 11.3 Å². The molecule has 2 heterocycles. The first-order chi connectivity index (χ1) is 11.8. The Hall–Kier alpha value is -1.85. The third-order valence-corrected chi connectivity index (χ3v) is 5.65. The lowest BCUT2D eigenvalue weighted by molar-refractivity contribution is -0.910. The van der Waals surface area contributed by atoms with E-state index < -0.39 is 0 Å². The number of ether oxygens (including phenoxy) is 1. The molecule has 1 unspecified atom stereocenters. The number of nitrogens with one attached hydrogen (secondary N) is 2. The van der Waals surface area contributed by atoms with E-state index >= 15 is 0 Å². The maximum absolute atomic E-state index is 12.3. The molecule has 0 radical (unpaired) electrons. The second-order valence-corrected chi connectivity index (χ2v) is 7.19. The molecule has 1 aliphatic heterocycles. The molecule has 24 heavy (non-hydrogen) atoms. The van der Waals surface area contributed by atoms with Crippen LogP contribution in [0.2, 0.25) is 0 Å². The van der Waals surface area contributed by atoms with Gasteiger partial charge < -0.3 is 15.0 Å². The fourth-order valence-corrected chi connectivity index (χ4v) is 4.39. The first kappa shape index (κ1) is 17.0. The molecule has 1 saturated heterocycles. The van der Waals surface area contributed by atoms with E-state index in [0.717, 1.165) is 24.3 Å². The summed E-state index contributed by atoms with van der Waals surface area (Å²) in [6.45, 7) is 2.30. The smallest absolute Gasteiger partial charge is 0.275 e. The van der Waals surface area contributed by atoms with E-state index in [-0.39, 0.29) is 5.91 Å². The third kappa shape index (κ3) is 4.16. The van der Waals surface area contributed by atoms with Crippen LogP contribution in [0.25, 0.3) is 0 Å².